The van der Waals surface area contributed by atoms with Crippen LogP contribution < -0.4 is 19.7 Å². The summed E-state index contributed by atoms with van der Waals surface area (Å²) in [6.07, 6.45) is 0.0489. The number of carbonyl (C=O) groups is 1. The van der Waals surface area contributed by atoms with Crippen LogP contribution in [0, 0.1) is 5.82 Å². The lowest BCUT2D eigenvalue weighted by molar-refractivity contribution is -0.00539. The molecule has 2 atom stereocenters. The van der Waals surface area contributed by atoms with Crippen molar-refractivity contribution in [3.8, 4) is 11.5 Å². The van der Waals surface area contributed by atoms with E-state index in [0.717, 1.165) is 0 Å². The van der Waals surface area contributed by atoms with E-state index in [1.807, 2.05) is 32.6 Å². The molecule has 1 N–H and O–H groups in total. The third kappa shape index (κ3) is 5.21. The second-order valence-corrected chi connectivity index (χ2v) is 7.81. The molecule has 162 valence electrons. The molecule has 1 fully saturated rings. The first kappa shape index (κ1) is 21.9. The van der Waals surface area contributed by atoms with Crippen molar-refractivity contribution in [2.45, 2.75) is 46.0 Å². The molecule has 3 rings (SSSR count). The van der Waals surface area contributed by atoms with Gasteiger partial charge in [-0.25, -0.2) is 4.39 Å². The van der Waals surface area contributed by atoms with Gasteiger partial charge in [0.2, 0.25) is 0 Å². The molecule has 0 saturated carbocycles. The SMILES string of the molecule is COc1cc(C(=O)Nc2ccc(N3CC(C)OC(C)C3)c(F)c2)ccc1OC(C)C. The Balaban J connectivity index is 1.73. The van der Waals surface area contributed by atoms with Crippen molar-refractivity contribution in [1.29, 1.82) is 0 Å². The molecular weight excluding hydrogens is 387 g/mol. The van der Waals surface area contributed by atoms with Gasteiger partial charge in [0.1, 0.15) is 5.82 Å². The van der Waals surface area contributed by atoms with Gasteiger partial charge in [0.15, 0.2) is 11.5 Å². The van der Waals surface area contributed by atoms with E-state index in [9.17, 15) is 9.18 Å². The third-order valence-electron chi connectivity index (χ3n) is 4.75. The summed E-state index contributed by atoms with van der Waals surface area (Å²) in [6, 6.07) is 9.68. The van der Waals surface area contributed by atoms with Gasteiger partial charge in [-0.3, -0.25) is 4.79 Å². The zero-order valence-electron chi connectivity index (χ0n) is 18.1. The molecule has 1 aliphatic heterocycles. The standard InChI is InChI=1S/C23H29FN2O4/c1-14(2)29-21-9-6-17(10-22(21)28-5)23(27)25-18-7-8-20(19(24)11-18)26-12-15(3)30-16(4)13-26/h6-11,14-16H,12-13H2,1-5H3,(H,25,27). The van der Waals surface area contributed by atoms with Crippen LogP contribution >= 0.6 is 0 Å². The van der Waals surface area contributed by atoms with Crippen LogP contribution in [0.1, 0.15) is 38.1 Å². The quantitative estimate of drug-likeness (QED) is 0.752. The topological polar surface area (TPSA) is 60.0 Å². The van der Waals surface area contributed by atoms with E-state index in [1.54, 1.807) is 30.3 Å². The fourth-order valence-electron chi connectivity index (χ4n) is 3.58. The summed E-state index contributed by atoms with van der Waals surface area (Å²) in [4.78, 5) is 14.6. The number of nitrogens with one attached hydrogen (secondary N) is 1. The van der Waals surface area contributed by atoms with Crippen LogP contribution in [0.2, 0.25) is 0 Å². The Kier molecular flexibility index (Phi) is 6.82. The molecule has 0 radical (unpaired) electrons. The lowest BCUT2D eigenvalue weighted by Crippen LogP contribution is -2.45. The van der Waals surface area contributed by atoms with Gasteiger partial charge in [-0.2, -0.15) is 0 Å². The van der Waals surface area contributed by atoms with Crippen molar-refractivity contribution >= 4 is 17.3 Å². The Bertz CT molecular complexity index is 893. The lowest BCUT2D eigenvalue weighted by atomic mass is 10.1. The van der Waals surface area contributed by atoms with E-state index in [-0.39, 0.29) is 30.0 Å². The molecule has 1 heterocycles. The summed E-state index contributed by atoms with van der Waals surface area (Å²) < 4.78 is 31.5. The normalized spacial score (nSPS) is 19.0. The average Bonchev–Trinajstić information content (AvgIpc) is 2.67. The number of morpholine rings is 1. The zero-order valence-corrected chi connectivity index (χ0v) is 18.1. The monoisotopic (exact) mass is 416 g/mol. The number of hydrogen-bond acceptors (Lipinski definition) is 5. The number of halogens is 1. The Morgan fingerprint density at radius 2 is 1.83 bits per heavy atom. The molecule has 7 heteroatoms. The summed E-state index contributed by atoms with van der Waals surface area (Å²) in [5, 5.41) is 2.74. The molecule has 2 unspecified atom stereocenters. The van der Waals surface area contributed by atoms with Crippen molar-refractivity contribution in [2.75, 3.05) is 30.4 Å². The highest BCUT2D eigenvalue weighted by Gasteiger charge is 2.24. The summed E-state index contributed by atoms with van der Waals surface area (Å²) in [5.74, 6) is 0.291. The highest BCUT2D eigenvalue weighted by molar-refractivity contribution is 6.04. The van der Waals surface area contributed by atoms with Gasteiger partial charge in [-0.15, -0.1) is 0 Å². The van der Waals surface area contributed by atoms with E-state index < -0.39 is 0 Å². The van der Waals surface area contributed by atoms with Crippen LogP contribution in [0.5, 0.6) is 11.5 Å². The van der Waals surface area contributed by atoms with Gasteiger partial charge < -0.3 is 24.4 Å². The van der Waals surface area contributed by atoms with E-state index in [0.29, 0.717) is 41.5 Å². The highest BCUT2D eigenvalue weighted by atomic mass is 19.1. The smallest absolute Gasteiger partial charge is 0.255 e. The average molecular weight is 416 g/mol. The second kappa shape index (κ2) is 9.34. The minimum Gasteiger partial charge on any atom is -0.493 e. The molecule has 6 nitrogen and oxygen atoms in total. The largest absolute Gasteiger partial charge is 0.493 e. The molecule has 2 aromatic carbocycles. The Labute approximate surface area is 176 Å². The van der Waals surface area contributed by atoms with Gasteiger partial charge in [0.25, 0.3) is 5.91 Å². The first-order valence-electron chi connectivity index (χ1n) is 10.1. The minimum atomic E-state index is -0.382. The number of rotatable bonds is 6. The van der Waals surface area contributed by atoms with Gasteiger partial charge in [-0.05, 0) is 64.1 Å². The van der Waals surface area contributed by atoms with Crippen LogP contribution in [0.3, 0.4) is 0 Å². The maximum absolute atomic E-state index is 14.8. The predicted octanol–water partition coefficient (Wildman–Crippen LogP) is 4.49. The molecule has 30 heavy (non-hydrogen) atoms. The Hall–Kier alpha value is -2.80. The number of methoxy groups -OCH3 is 1. The zero-order chi connectivity index (χ0) is 21.8. The maximum Gasteiger partial charge on any atom is 0.255 e. The molecule has 1 saturated heterocycles. The number of amides is 1. The van der Waals surface area contributed by atoms with Crippen LogP contribution in [-0.4, -0.2) is 44.4 Å². The van der Waals surface area contributed by atoms with Crippen LogP contribution in [0.25, 0.3) is 0 Å². The summed E-state index contributed by atoms with van der Waals surface area (Å²) in [7, 11) is 1.52. The first-order chi connectivity index (χ1) is 14.3. The van der Waals surface area contributed by atoms with Crippen LogP contribution in [-0.2, 0) is 4.74 Å². The highest BCUT2D eigenvalue weighted by Crippen LogP contribution is 2.30. The molecule has 0 aliphatic carbocycles. The molecule has 2 aromatic rings. The van der Waals surface area contributed by atoms with Crippen LogP contribution in [0.4, 0.5) is 15.8 Å². The van der Waals surface area contributed by atoms with E-state index in [1.165, 1.54) is 13.2 Å². The Morgan fingerprint density at radius 3 is 2.43 bits per heavy atom. The van der Waals surface area contributed by atoms with Gasteiger partial charge in [0, 0.05) is 24.3 Å². The van der Waals surface area contributed by atoms with E-state index >= 15 is 0 Å². The number of hydrogen-bond donors (Lipinski definition) is 1. The molecular formula is C23H29FN2O4. The van der Waals surface area contributed by atoms with Gasteiger partial charge >= 0.3 is 0 Å². The number of benzene rings is 2. The van der Waals surface area contributed by atoms with Crippen LogP contribution in [0.15, 0.2) is 36.4 Å². The van der Waals surface area contributed by atoms with Crippen molar-refractivity contribution in [1.82, 2.24) is 0 Å². The number of ether oxygens (including phenoxy) is 3. The van der Waals surface area contributed by atoms with E-state index in [4.69, 9.17) is 14.2 Å². The molecule has 0 bridgehead atoms. The van der Waals surface area contributed by atoms with E-state index in [2.05, 4.69) is 5.32 Å². The van der Waals surface area contributed by atoms with Crippen molar-refractivity contribution in [3.63, 3.8) is 0 Å². The first-order valence-corrected chi connectivity index (χ1v) is 10.1. The van der Waals surface area contributed by atoms with Gasteiger partial charge in [-0.1, -0.05) is 0 Å². The number of carbonyl (C=O) groups excluding carboxylic acids is 1. The molecule has 1 amide bonds. The number of anilines is 2. The van der Waals surface area contributed by atoms with Crippen molar-refractivity contribution < 1.29 is 23.4 Å². The maximum atomic E-state index is 14.8. The summed E-state index contributed by atoms with van der Waals surface area (Å²) in [5.41, 5.74) is 1.28. The summed E-state index contributed by atoms with van der Waals surface area (Å²) in [6.45, 7) is 9.02. The van der Waals surface area contributed by atoms with Gasteiger partial charge in [0.05, 0.1) is 31.1 Å². The second-order valence-electron chi connectivity index (χ2n) is 7.81. The molecule has 0 aromatic heterocycles. The fraction of sp³-hybridized carbons (Fsp3) is 0.435. The third-order valence-corrected chi connectivity index (χ3v) is 4.75. The molecule has 0 spiro atoms. The lowest BCUT2D eigenvalue weighted by Gasteiger charge is -2.37. The Morgan fingerprint density at radius 1 is 1.13 bits per heavy atom. The predicted molar refractivity (Wildman–Crippen MR) is 115 cm³/mol. The number of nitrogens with zero attached hydrogens (tertiary/aromatic N) is 1. The fourth-order valence-corrected chi connectivity index (χ4v) is 3.58. The summed E-state index contributed by atoms with van der Waals surface area (Å²) >= 11 is 0. The molecule has 1 aliphatic rings. The minimum absolute atomic E-state index is 0.0162. The van der Waals surface area contributed by atoms with Crippen molar-refractivity contribution in [3.05, 3.63) is 47.8 Å². The van der Waals surface area contributed by atoms with Crippen molar-refractivity contribution in [2.24, 2.45) is 0 Å².